The van der Waals surface area contributed by atoms with E-state index in [1.807, 2.05) is 42.6 Å². The van der Waals surface area contributed by atoms with Crippen LogP contribution in [0.1, 0.15) is 28.0 Å². The largest absolute Gasteiger partial charge is 0.493 e. The highest BCUT2D eigenvalue weighted by molar-refractivity contribution is 8.27. The maximum Gasteiger partial charge on any atom is 0.283 e. The van der Waals surface area contributed by atoms with E-state index in [0.29, 0.717) is 41.9 Å². The number of methoxy groups -OCH3 is 1. The average Bonchev–Trinajstić information content (AvgIpc) is 3.58. The van der Waals surface area contributed by atoms with Crippen LogP contribution < -0.4 is 14.2 Å². The van der Waals surface area contributed by atoms with E-state index in [1.165, 1.54) is 22.3 Å². The zero-order valence-electron chi connectivity index (χ0n) is 21.2. The maximum atomic E-state index is 12.8. The number of thiophene rings is 1. The summed E-state index contributed by atoms with van der Waals surface area (Å²) in [6.45, 7) is 5.09. The van der Waals surface area contributed by atoms with Crippen LogP contribution in [0, 0.1) is 19.3 Å². The van der Waals surface area contributed by atoms with Gasteiger partial charge in [0.15, 0.2) is 17.3 Å². The summed E-state index contributed by atoms with van der Waals surface area (Å²) >= 11 is 2.84. The van der Waals surface area contributed by atoms with Crippen molar-refractivity contribution < 1.29 is 19.0 Å². The number of carbonyl (C=O) groups excluding carboxylic acids is 1. The van der Waals surface area contributed by atoms with E-state index >= 15 is 0 Å². The number of hydrazone groups is 1. The van der Waals surface area contributed by atoms with Gasteiger partial charge in [-0.05, 0) is 72.5 Å². The third-order valence-corrected chi connectivity index (χ3v) is 7.77. The lowest BCUT2D eigenvalue weighted by molar-refractivity contribution is -0.114. The predicted molar refractivity (Wildman–Crippen MR) is 153 cm³/mol. The fourth-order valence-electron chi connectivity index (χ4n) is 3.94. The SMILES string of the molecule is COc1cc(/C=C2/C(=N)N3N=C(c4cccs4)SC3=NC2=O)ccc1OCCCOc1ccc(C)cc1C. The number of fused-ring (bicyclic) bond motifs is 1. The van der Waals surface area contributed by atoms with Crippen molar-refractivity contribution in [1.29, 1.82) is 5.41 Å². The Bertz CT molecular complexity index is 1480. The van der Waals surface area contributed by atoms with Crippen molar-refractivity contribution in [2.75, 3.05) is 20.3 Å². The molecule has 3 aromatic rings. The van der Waals surface area contributed by atoms with Crippen molar-refractivity contribution in [3.05, 3.63) is 81.1 Å². The molecule has 2 aliphatic rings. The molecule has 3 heterocycles. The molecule has 0 fully saturated rings. The number of aryl methyl sites for hydroxylation is 2. The molecule has 0 saturated carbocycles. The fourth-order valence-corrected chi connectivity index (χ4v) is 5.62. The lowest BCUT2D eigenvalue weighted by Gasteiger charge is -2.20. The second-order valence-corrected chi connectivity index (χ2v) is 10.5. The molecule has 2 aliphatic heterocycles. The van der Waals surface area contributed by atoms with E-state index in [1.54, 1.807) is 36.7 Å². The Morgan fingerprint density at radius 3 is 2.55 bits per heavy atom. The van der Waals surface area contributed by atoms with Crippen LogP contribution in [0.15, 0.2) is 69.6 Å². The standard InChI is InChI=1S/C28H26N4O4S2/c1-17-7-9-21(18(2)14-17)35-11-5-12-36-22-10-8-19(16-23(22)34-3)15-20-25(29)32-28(30-26(20)33)38-27(31-32)24-6-4-13-37-24/h4,6-10,13-16,29H,5,11-12H2,1-3H3/b20-15-,29-25?. The van der Waals surface area contributed by atoms with E-state index in [9.17, 15) is 4.79 Å². The number of benzene rings is 2. The van der Waals surface area contributed by atoms with Crippen LogP contribution in [0.3, 0.4) is 0 Å². The Kier molecular flexibility index (Phi) is 7.62. The van der Waals surface area contributed by atoms with Gasteiger partial charge in [-0.25, -0.2) is 0 Å². The van der Waals surface area contributed by atoms with Gasteiger partial charge in [-0.1, -0.05) is 29.8 Å². The molecule has 0 saturated heterocycles. The zero-order valence-corrected chi connectivity index (χ0v) is 22.8. The highest BCUT2D eigenvalue weighted by Crippen LogP contribution is 2.33. The maximum absolute atomic E-state index is 12.8. The number of aliphatic imine (C=N–C) groups is 1. The first-order chi connectivity index (χ1) is 18.4. The molecule has 0 aliphatic carbocycles. The molecule has 2 aromatic carbocycles. The van der Waals surface area contributed by atoms with E-state index < -0.39 is 5.91 Å². The number of thioether (sulfide) groups is 1. The minimum atomic E-state index is -0.473. The van der Waals surface area contributed by atoms with Crippen LogP contribution in [-0.4, -0.2) is 47.3 Å². The van der Waals surface area contributed by atoms with Crippen LogP contribution in [0.4, 0.5) is 0 Å². The molecule has 1 amide bonds. The van der Waals surface area contributed by atoms with Gasteiger partial charge in [0.25, 0.3) is 5.91 Å². The third kappa shape index (κ3) is 5.51. The minimum absolute atomic E-state index is 0.0119. The lowest BCUT2D eigenvalue weighted by Crippen LogP contribution is -2.35. The van der Waals surface area contributed by atoms with Gasteiger partial charge in [0, 0.05) is 6.42 Å². The monoisotopic (exact) mass is 546 g/mol. The van der Waals surface area contributed by atoms with Gasteiger partial charge in [-0.3, -0.25) is 10.2 Å². The van der Waals surface area contributed by atoms with Crippen molar-refractivity contribution in [1.82, 2.24) is 5.01 Å². The second-order valence-electron chi connectivity index (χ2n) is 8.63. The molecule has 0 atom stereocenters. The summed E-state index contributed by atoms with van der Waals surface area (Å²) in [6, 6.07) is 15.4. The summed E-state index contributed by atoms with van der Waals surface area (Å²) in [5.74, 6) is 1.52. The number of nitrogens with one attached hydrogen (secondary N) is 1. The molecule has 8 nitrogen and oxygen atoms in total. The number of hydrogen-bond acceptors (Lipinski definition) is 8. The van der Waals surface area contributed by atoms with Gasteiger partial charge in [0.2, 0.25) is 5.17 Å². The van der Waals surface area contributed by atoms with Gasteiger partial charge in [-0.2, -0.15) is 15.1 Å². The molecule has 1 aromatic heterocycles. The van der Waals surface area contributed by atoms with Gasteiger partial charge in [0.1, 0.15) is 10.8 Å². The highest BCUT2D eigenvalue weighted by Gasteiger charge is 2.36. The molecule has 0 unspecified atom stereocenters. The number of hydrogen-bond donors (Lipinski definition) is 1. The Morgan fingerprint density at radius 1 is 1.03 bits per heavy atom. The Morgan fingerprint density at radius 2 is 1.82 bits per heavy atom. The number of carbonyl (C=O) groups is 1. The number of nitrogens with zero attached hydrogens (tertiary/aromatic N) is 3. The summed E-state index contributed by atoms with van der Waals surface area (Å²) < 4.78 is 17.3. The van der Waals surface area contributed by atoms with Crippen molar-refractivity contribution in [3.8, 4) is 17.2 Å². The molecule has 1 N–H and O–H groups in total. The van der Waals surface area contributed by atoms with Crippen LogP contribution in [0.2, 0.25) is 0 Å². The highest BCUT2D eigenvalue weighted by atomic mass is 32.2. The van der Waals surface area contributed by atoms with E-state index in [2.05, 4.69) is 23.1 Å². The molecule has 38 heavy (non-hydrogen) atoms. The number of rotatable bonds is 9. The summed E-state index contributed by atoms with van der Waals surface area (Å²) in [6.07, 6.45) is 2.33. The van der Waals surface area contributed by atoms with Gasteiger partial charge in [0.05, 0.1) is 30.8 Å². The van der Waals surface area contributed by atoms with Crippen molar-refractivity contribution in [2.24, 2.45) is 10.1 Å². The molecule has 194 valence electrons. The molecular weight excluding hydrogens is 520 g/mol. The first kappa shape index (κ1) is 25.7. The predicted octanol–water partition coefficient (Wildman–Crippen LogP) is 5.89. The number of amides is 1. The third-order valence-electron chi connectivity index (χ3n) is 5.82. The van der Waals surface area contributed by atoms with E-state index in [-0.39, 0.29) is 11.4 Å². The molecule has 0 bridgehead atoms. The first-order valence-electron chi connectivity index (χ1n) is 12.0. The molecule has 0 radical (unpaired) electrons. The summed E-state index contributed by atoms with van der Waals surface area (Å²) in [4.78, 5) is 17.9. The Balaban J connectivity index is 1.23. The summed E-state index contributed by atoms with van der Waals surface area (Å²) in [5.41, 5.74) is 3.17. The number of amidine groups is 2. The second kappa shape index (κ2) is 11.2. The van der Waals surface area contributed by atoms with E-state index in [4.69, 9.17) is 19.6 Å². The minimum Gasteiger partial charge on any atom is -0.493 e. The average molecular weight is 547 g/mol. The van der Waals surface area contributed by atoms with Crippen molar-refractivity contribution in [3.63, 3.8) is 0 Å². The van der Waals surface area contributed by atoms with Crippen LogP contribution in [0.25, 0.3) is 6.08 Å². The first-order valence-corrected chi connectivity index (χ1v) is 13.7. The molecular formula is C28H26N4O4S2. The normalized spacial score (nSPS) is 15.9. The summed E-state index contributed by atoms with van der Waals surface area (Å²) in [5, 5.41) is 17.6. The topological polar surface area (TPSA) is 96.6 Å². The fraction of sp³-hybridized carbons (Fsp3) is 0.214. The molecule has 5 rings (SSSR count). The van der Waals surface area contributed by atoms with Crippen molar-refractivity contribution >= 4 is 51.1 Å². The van der Waals surface area contributed by atoms with Crippen LogP contribution in [-0.2, 0) is 4.79 Å². The van der Waals surface area contributed by atoms with E-state index in [0.717, 1.165) is 21.2 Å². The number of ether oxygens (including phenoxy) is 3. The van der Waals surface area contributed by atoms with Gasteiger partial charge >= 0.3 is 0 Å². The lowest BCUT2D eigenvalue weighted by atomic mass is 10.1. The molecule has 0 spiro atoms. The Labute approximate surface area is 229 Å². The van der Waals surface area contributed by atoms with Crippen LogP contribution in [0.5, 0.6) is 17.2 Å². The molecule has 10 heteroatoms. The van der Waals surface area contributed by atoms with Crippen LogP contribution >= 0.6 is 23.1 Å². The van der Waals surface area contributed by atoms with Gasteiger partial charge in [-0.15, -0.1) is 11.3 Å². The van der Waals surface area contributed by atoms with Crippen molar-refractivity contribution in [2.45, 2.75) is 20.3 Å². The smallest absolute Gasteiger partial charge is 0.283 e. The van der Waals surface area contributed by atoms with Gasteiger partial charge < -0.3 is 14.2 Å². The Hall–Kier alpha value is -3.89. The quantitative estimate of drug-likeness (QED) is 0.266. The summed E-state index contributed by atoms with van der Waals surface area (Å²) in [7, 11) is 1.56. The zero-order chi connectivity index (χ0) is 26.6.